The molecule has 0 bridgehead atoms. The molecule has 10 nitrogen and oxygen atoms in total. The number of ketones is 1. The maximum absolute atomic E-state index is 13.4. The Labute approximate surface area is 229 Å². The number of primary amides is 1. The SMILES string of the molecule is C=C(C)c1ccc2c(=O)n(-c3cccc(-n4cc(C(N)=O)c(Nc5ccc(C(C)=O)cc5)n4)c3CO)ncc2c1. The van der Waals surface area contributed by atoms with Crippen LogP contribution < -0.4 is 16.6 Å². The molecule has 40 heavy (non-hydrogen) atoms. The van der Waals surface area contributed by atoms with Gasteiger partial charge in [-0.2, -0.15) is 9.78 Å². The second-order valence-electron chi connectivity index (χ2n) is 9.34. The molecule has 0 saturated heterocycles. The Morgan fingerprint density at radius 2 is 1.73 bits per heavy atom. The highest BCUT2D eigenvalue weighted by molar-refractivity contribution is 5.98. The number of aliphatic hydroxyl groups excluding tert-OH is 1. The average Bonchev–Trinajstić information content (AvgIpc) is 3.36. The third kappa shape index (κ3) is 4.79. The van der Waals surface area contributed by atoms with E-state index in [1.165, 1.54) is 22.5 Å². The third-order valence-electron chi connectivity index (χ3n) is 6.57. The first-order valence-corrected chi connectivity index (χ1v) is 12.4. The van der Waals surface area contributed by atoms with Gasteiger partial charge in [0.15, 0.2) is 11.6 Å². The van der Waals surface area contributed by atoms with Gasteiger partial charge in [-0.3, -0.25) is 14.4 Å². The van der Waals surface area contributed by atoms with Crippen LogP contribution in [0.25, 0.3) is 27.7 Å². The van der Waals surface area contributed by atoms with Crippen LogP contribution in [0.2, 0.25) is 0 Å². The second-order valence-corrected chi connectivity index (χ2v) is 9.34. The van der Waals surface area contributed by atoms with E-state index >= 15 is 0 Å². The average molecular weight is 535 g/mol. The molecule has 1 amide bonds. The van der Waals surface area contributed by atoms with E-state index in [2.05, 4.69) is 22.1 Å². The summed E-state index contributed by atoms with van der Waals surface area (Å²) >= 11 is 0. The number of hydrogen-bond acceptors (Lipinski definition) is 7. The van der Waals surface area contributed by atoms with Crippen molar-refractivity contribution in [1.29, 1.82) is 0 Å². The Kier molecular flexibility index (Phi) is 6.85. The van der Waals surface area contributed by atoms with E-state index in [0.29, 0.717) is 39.0 Å². The number of Topliss-reactive ketones (excluding diaryl/α,β-unsaturated/α-hetero) is 1. The Morgan fingerprint density at radius 1 is 1.02 bits per heavy atom. The topological polar surface area (TPSA) is 145 Å². The van der Waals surface area contributed by atoms with E-state index in [4.69, 9.17) is 5.73 Å². The molecule has 0 spiro atoms. The van der Waals surface area contributed by atoms with Crippen molar-refractivity contribution in [1.82, 2.24) is 19.6 Å². The van der Waals surface area contributed by atoms with E-state index in [1.54, 1.807) is 54.7 Å². The first kappa shape index (κ1) is 26.3. The third-order valence-corrected chi connectivity index (χ3v) is 6.57. The van der Waals surface area contributed by atoms with Crippen molar-refractivity contribution in [3.63, 3.8) is 0 Å². The normalized spacial score (nSPS) is 11.0. The van der Waals surface area contributed by atoms with Crippen molar-refractivity contribution in [2.45, 2.75) is 20.5 Å². The number of carbonyl (C=O) groups excluding carboxylic acids is 2. The van der Waals surface area contributed by atoms with E-state index in [-0.39, 0.29) is 22.7 Å². The quantitative estimate of drug-likeness (QED) is 0.254. The largest absolute Gasteiger partial charge is 0.392 e. The summed E-state index contributed by atoms with van der Waals surface area (Å²) in [6, 6.07) is 17.2. The van der Waals surface area contributed by atoms with Gasteiger partial charge in [-0.05, 0) is 67.9 Å². The van der Waals surface area contributed by atoms with Crippen LogP contribution in [0.5, 0.6) is 0 Å². The van der Waals surface area contributed by atoms with Crippen LogP contribution in [0.15, 0.2) is 84.4 Å². The molecule has 0 radical (unpaired) electrons. The summed E-state index contributed by atoms with van der Waals surface area (Å²) in [7, 11) is 0. The zero-order valence-electron chi connectivity index (χ0n) is 21.9. The number of nitrogens with two attached hydrogens (primary N) is 1. The van der Waals surface area contributed by atoms with Gasteiger partial charge in [0.05, 0.1) is 29.6 Å². The van der Waals surface area contributed by atoms with Crippen LogP contribution in [-0.2, 0) is 6.61 Å². The van der Waals surface area contributed by atoms with Gasteiger partial charge in [-0.1, -0.05) is 24.3 Å². The minimum Gasteiger partial charge on any atom is -0.392 e. The van der Waals surface area contributed by atoms with Gasteiger partial charge in [-0.15, -0.1) is 5.10 Å². The lowest BCUT2D eigenvalue weighted by Crippen LogP contribution is -2.23. The van der Waals surface area contributed by atoms with Gasteiger partial charge < -0.3 is 16.2 Å². The van der Waals surface area contributed by atoms with Gasteiger partial charge in [0.2, 0.25) is 0 Å². The van der Waals surface area contributed by atoms with E-state index in [9.17, 15) is 19.5 Å². The summed E-state index contributed by atoms with van der Waals surface area (Å²) in [5, 5.41) is 23.5. The number of allylic oxidation sites excluding steroid dienone is 1. The lowest BCUT2D eigenvalue weighted by Gasteiger charge is -2.14. The Balaban J connectivity index is 1.59. The fourth-order valence-corrected chi connectivity index (χ4v) is 4.42. The number of hydrogen-bond donors (Lipinski definition) is 3. The predicted octanol–water partition coefficient (Wildman–Crippen LogP) is 4.14. The minimum absolute atomic E-state index is 0.0679. The molecule has 0 aliphatic carbocycles. The lowest BCUT2D eigenvalue weighted by molar-refractivity contribution is 0.0997. The molecule has 2 heterocycles. The number of aliphatic hydroxyl groups is 1. The molecule has 0 aliphatic rings. The zero-order chi connectivity index (χ0) is 28.6. The van der Waals surface area contributed by atoms with E-state index in [1.807, 2.05) is 19.1 Å². The minimum atomic E-state index is -0.711. The molecule has 10 heteroatoms. The standard InChI is InChI=1S/C30H26N6O4/c1-17(2)20-9-12-23-21(13-20)14-32-36(30(23)40)27-6-4-5-26(25(27)16-37)35-15-24(28(31)39)29(34-35)33-22-10-7-19(8-11-22)18(3)38/h4-15,37H,1,16H2,2-3H3,(H2,31,39)(H,33,34). The zero-order valence-corrected chi connectivity index (χ0v) is 21.9. The van der Waals surface area contributed by atoms with Crippen LogP contribution >= 0.6 is 0 Å². The molecule has 200 valence electrons. The van der Waals surface area contributed by atoms with E-state index in [0.717, 1.165) is 11.1 Å². The number of amides is 1. The second kappa shape index (κ2) is 10.4. The van der Waals surface area contributed by atoms with Crippen LogP contribution in [0.4, 0.5) is 11.5 Å². The number of benzene rings is 3. The summed E-state index contributed by atoms with van der Waals surface area (Å²) in [6.07, 6.45) is 3.04. The van der Waals surface area contributed by atoms with Crippen molar-refractivity contribution < 1.29 is 14.7 Å². The van der Waals surface area contributed by atoms with Crippen LogP contribution in [0.1, 0.15) is 45.7 Å². The van der Waals surface area contributed by atoms with Crippen LogP contribution in [-0.4, -0.2) is 36.4 Å². The van der Waals surface area contributed by atoms with Gasteiger partial charge in [0, 0.05) is 28.4 Å². The van der Waals surface area contributed by atoms with Crippen molar-refractivity contribution >= 4 is 39.5 Å². The summed E-state index contributed by atoms with van der Waals surface area (Å²) in [4.78, 5) is 37.3. The van der Waals surface area contributed by atoms with Gasteiger partial charge >= 0.3 is 0 Å². The smallest absolute Gasteiger partial charge is 0.279 e. The molecule has 3 aromatic carbocycles. The number of nitrogens with one attached hydrogen (secondary N) is 1. The summed E-state index contributed by atoms with van der Waals surface area (Å²) in [5.41, 5.74) is 9.46. The first-order valence-electron chi connectivity index (χ1n) is 12.4. The van der Waals surface area contributed by atoms with Crippen molar-refractivity contribution in [2.75, 3.05) is 5.32 Å². The molecule has 0 atom stereocenters. The summed E-state index contributed by atoms with van der Waals surface area (Å²) in [6.45, 7) is 6.87. The first-order chi connectivity index (χ1) is 19.2. The molecule has 0 aliphatic heterocycles. The Hall–Kier alpha value is -5.35. The van der Waals surface area contributed by atoms with Crippen molar-refractivity contribution in [3.05, 3.63) is 112 Å². The number of fused-ring (bicyclic) bond motifs is 1. The molecule has 2 aromatic heterocycles. The van der Waals surface area contributed by atoms with Gasteiger partial charge in [0.25, 0.3) is 11.5 Å². The number of rotatable bonds is 8. The monoisotopic (exact) mass is 534 g/mol. The number of carbonyl (C=O) groups is 2. The highest BCUT2D eigenvalue weighted by Crippen LogP contribution is 2.26. The molecular weight excluding hydrogens is 508 g/mol. The molecule has 0 saturated carbocycles. The van der Waals surface area contributed by atoms with Gasteiger partial charge in [0.1, 0.15) is 5.56 Å². The molecule has 0 unspecified atom stereocenters. The van der Waals surface area contributed by atoms with E-state index < -0.39 is 12.5 Å². The fourth-order valence-electron chi connectivity index (χ4n) is 4.42. The number of nitrogens with zero attached hydrogens (tertiary/aromatic N) is 4. The van der Waals surface area contributed by atoms with Crippen molar-refractivity contribution in [2.24, 2.45) is 5.73 Å². The highest BCUT2D eigenvalue weighted by atomic mass is 16.3. The predicted molar refractivity (Wildman–Crippen MR) is 153 cm³/mol. The number of aromatic nitrogens is 4. The highest BCUT2D eigenvalue weighted by Gasteiger charge is 2.19. The maximum atomic E-state index is 13.4. The fraction of sp³-hybridized carbons (Fsp3) is 0.100. The molecule has 0 fully saturated rings. The van der Waals surface area contributed by atoms with Crippen molar-refractivity contribution in [3.8, 4) is 11.4 Å². The van der Waals surface area contributed by atoms with Crippen LogP contribution in [0.3, 0.4) is 0 Å². The Bertz CT molecular complexity index is 1870. The lowest BCUT2D eigenvalue weighted by atomic mass is 10.1. The maximum Gasteiger partial charge on any atom is 0.279 e. The van der Waals surface area contributed by atoms with Gasteiger partial charge in [-0.25, -0.2) is 4.68 Å². The summed E-state index contributed by atoms with van der Waals surface area (Å²) < 4.78 is 2.64. The number of anilines is 2. The molecule has 4 N–H and O–H groups in total. The summed E-state index contributed by atoms with van der Waals surface area (Å²) in [5.74, 6) is -0.592. The molecular formula is C30H26N6O4. The molecule has 5 rings (SSSR count). The Morgan fingerprint density at radius 3 is 2.38 bits per heavy atom. The van der Waals surface area contributed by atoms with Crippen LogP contribution in [0, 0.1) is 0 Å². The molecule has 5 aromatic rings.